The SMILES string of the molecule is CNC(=O)c1ccc(NC(=O)CC(N)C2CC2)c(C)c1. The van der Waals surface area contributed by atoms with Crippen LogP contribution in [0.15, 0.2) is 18.2 Å². The molecular weight excluding hydrogens is 254 g/mol. The molecule has 1 aliphatic rings. The fourth-order valence-electron chi connectivity index (χ4n) is 2.20. The zero-order valence-corrected chi connectivity index (χ0v) is 11.9. The van der Waals surface area contributed by atoms with Crippen molar-refractivity contribution in [2.75, 3.05) is 12.4 Å². The van der Waals surface area contributed by atoms with E-state index in [9.17, 15) is 9.59 Å². The number of nitrogens with one attached hydrogen (secondary N) is 2. The standard InChI is InChI=1S/C15H21N3O2/c1-9-7-11(15(20)17-2)5-6-13(9)18-14(19)8-12(16)10-3-4-10/h5-7,10,12H,3-4,8,16H2,1-2H3,(H,17,20)(H,18,19). The normalized spacial score (nSPS) is 15.6. The summed E-state index contributed by atoms with van der Waals surface area (Å²) in [5, 5.41) is 5.43. The van der Waals surface area contributed by atoms with E-state index in [1.165, 1.54) is 0 Å². The highest BCUT2D eigenvalue weighted by molar-refractivity contribution is 5.96. The van der Waals surface area contributed by atoms with Crippen LogP contribution in [0.5, 0.6) is 0 Å². The number of carbonyl (C=O) groups excluding carboxylic acids is 2. The first-order valence-corrected chi connectivity index (χ1v) is 6.89. The molecule has 5 heteroatoms. The van der Waals surface area contributed by atoms with Gasteiger partial charge in [0.25, 0.3) is 5.91 Å². The van der Waals surface area contributed by atoms with Gasteiger partial charge < -0.3 is 16.4 Å². The van der Waals surface area contributed by atoms with Crippen molar-refractivity contribution >= 4 is 17.5 Å². The summed E-state index contributed by atoms with van der Waals surface area (Å²) >= 11 is 0. The highest BCUT2D eigenvalue weighted by Crippen LogP contribution is 2.32. The molecule has 5 nitrogen and oxygen atoms in total. The van der Waals surface area contributed by atoms with Gasteiger partial charge in [-0.3, -0.25) is 9.59 Å². The lowest BCUT2D eigenvalue weighted by Crippen LogP contribution is -2.29. The maximum atomic E-state index is 11.9. The molecule has 0 spiro atoms. The lowest BCUT2D eigenvalue weighted by molar-refractivity contribution is -0.116. The second-order valence-corrected chi connectivity index (χ2v) is 5.36. The van der Waals surface area contributed by atoms with Gasteiger partial charge in [0.15, 0.2) is 0 Å². The number of nitrogens with two attached hydrogens (primary N) is 1. The van der Waals surface area contributed by atoms with E-state index < -0.39 is 0 Å². The van der Waals surface area contributed by atoms with E-state index in [4.69, 9.17) is 5.73 Å². The van der Waals surface area contributed by atoms with Crippen molar-refractivity contribution in [1.29, 1.82) is 0 Å². The van der Waals surface area contributed by atoms with Gasteiger partial charge in [0.1, 0.15) is 0 Å². The number of amides is 2. The molecule has 1 unspecified atom stereocenters. The van der Waals surface area contributed by atoms with Crippen LogP contribution in [-0.2, 0) is 4.79 Å². The van der Waals surface area contributed by atoms with Crippen LogP contribution < -0.4 is 16.4 Å². The molecule has 2 amide bonds. The van der Waals surface area contributed by atoms with E-state index in [2.05, 4.69) is 10.6 Å². The van der Waals surface area contributed by atoms with E-state index in [0.717, 1.165) is 24.1 Å². The quantitative estimate of drug-likeness (QED) is 0.760. The average molecular weight is 275 g/mol. The molecular formula is C15H21N3O2. The number of anilines is 1. The van der Waals surface area contributed by atoms with Gasteiger partial charge in [-0.05, 0) is 49.4 Å². The third-order valence-electron chi connectivity index (χ3n) is 3.64. The summed E-state index contributed by atoms with van der Waals surface area (Å²) < 4.78 is 0. The summed E-state index contributed by atoms with van der Waals surface area (Å²) in [5.74, 6) is 0.305. The molecule has 20 heavy (non-hydrogen) atoms. The predicted molar refractivity (Wildman–Crippen MR) is 78.5 cm³/mol. The maximum Gasteiger partial charge on any atom is 0.251 e. The molecule has 0 aromatic heterocycles. The topological polar surface area (TPSA) is 84.2 Å². The third kappa shape index (κ3) is 3.57. The molecule has 0 saturated heterocycles. The van der Waals surface area contributed by atoms with Crippen LogP contribution in [-0.4, -0.2) is 24.9 Å². The molecule has 1 atom stereocenters. The van der Waals surface area contributed by atoms with Crippen molar-refractivity contribution in [2.45, 2.75) is 32.2 Å². The van der Waals surface area contributed by atoms with Crippen LogP contribution in [0.1, 0.15) is 35.2 Å². The molecule has 1 fully saturated rings. The number of carbonyl (C=O) groups is 2. The smallest absolute Gasteiger partial charge is 0.251 e. The van der Waals surface area contributed by atoms with E-state index in [1.54, 1.807) is 25.2 Å². The molecule has 0 heterocycles. The lowest BCUT2D eigenvalue weighted by Gasteiger charge is -2.12. The summed E-state index contributed by atoms with van der Waals surface area (Å²) in [6.07, 6.45) is 2.61. The van der Waals surface area contributed by atoms with Crippen molar-refractivity contribution in [3.8, 4) is 0 Å². The Labute approximate surface area is 118 Å². The minimum Gasteiger partial charge on any atom is -0.355 e. The fraction of sp³-hybridized carbons (Fsp3) is 0.467. The van der Waals surface area contributed by atoms with Crippen molar-refractivity contribution in [3.05, 3.63) is 29.3 Å². The third-order valence-corrected chi connectivity index (χ3v) is 3.64. The molecule has 108 valence electrons. The largest absolute Gasteiger partial charge is 0.355 e. The van der Waals surface area contributed by atoms with Crippen molar-refractivity contribution in [1.82, 2.24) is 5.32 Å². The zero-order valence-electron chi connectivity index (χ0n) is 11.9. The maximum absolute atomic E-state index is 11.9. The van der Waals surface area contributed by atoms with E-state index in [-0.39, 0.29) is 17.9 Å². The molecule has 1 aromatic carbocycles. The number of benzene rings is 1. The Kier molecular flexibility index (Phi) is 4.39. The van der Waals surface area contributed by atoms with Gasteiger partial charge >= 0.3 is 0 Å². The second-order valence-electron chi connectivity index (χ2n) is 5.36. The molecule has 1 aromatic rings. The van der Waals surface area contributed by atoms with Gasteiger partial charge in [-0.2, -0.15) is 0 Å². The van der Waals surface area contributed by atoms with Gasteiger partial charge in [0.2, 0.25) is 5.91 Å². The first-order valence-electron chi connectivity index (χ1n) is 6.89. The molecule has 1 aliphatic carbocycles. The van der Waals surface area contributed by atoms with Crippen molar-refractivity contribution in [3.63, 3.8) is 0 Å². The van der Waals surface area contributed by atoms with Crippen LogP contribution in [0.3, 0.4) is 0 Å². The highest BCUT2D eigenvalue weighted by atomic mass is 16.2. The number of rotatable bonds is 5. The van der Waals surface area contributed by atoms with Crippen LogP contribution in [0.2, 0.25) is 0 Å². The molecule has 0 bridgehead atoms. The monoisotopic (exact) mass is 275 g/mol. The van der Waals surface area contributed by atoms with Crippen LogP contribution in [0.4, 0.5) is 5.69 Å². The summed E-state index contributed by atoms with van der Waals surface area (Å²) in [7, 11) is 1.59. The van der Waals surface area contributed by atoms with Crippen molar-refractivity contribution in [2.24, 2.45) is 11.7 Å². The number of hydrogen-bond acceptors (Lipinski definition) is 3. The Morgan fingerprint density at radius 3 is 2.65 bits per heavy atom. The van der Waals surface area contributed by atoms with E-state index in [0.29, 0.717) is 17.9 Å². The van der Waals surface area contributed by atoms with Gasteiger partial charge in [-0.15, -0.1) is 0 Å². The van der Waals surface area contributed by atoms with Gasteiger partial charge in [0.05, 0.1) is 0 Å². The minimum absolute atomic E-state index is 0.0413. The van der Waals surface area contributed by atoms with E-state index >= 15 is 0 Å². The Bertz CT molecular complexity index is 524. The Balaban J connectivity index is 1.98. The average Bonchev–Trinajstić information content (AvgIpc) is 3.24. The summed E-state index contributed by atoms with van der Waals surface area (Å²) in [6, 6.07) is 5.17. The predicted octanol–water partition coefficient (Wildman–Crippen LogP) is 1.42. The van der Waals surface area contributed by atoms with E-state index in [1.807, 2.05) is 6.92 Å². The van der Waals surface area contributed by atoms with Gasteiger partial charge in [-0.1, -0.05) is 0 Å². The summed E-state index contributed by atoms with van der Waals surface area (Å²) in [6.45, 7) is 1.86. The summed E-state index contributed by atoms with van der Waals surface area (Å²) in [5.41, 5.74) is 8.11. The number of aryl methyl sites for hydroxylation is 1. The molecule has 2 rings (SSSR count). The summed E-state index contributed by atoms with van der Waals surface area (Å²) in [4.78, 5) is 23.4. The Morgan fingerprint density at radius 1 is 1.40 bits per heavy atom. The van der Waals surface area contributed by atoms with Gasteiger partial charge in [-0.25, -0.2) is 0 Å². The molecule has 0 aliphatic heterocycles. The van der Waals surface area contributed by atoms with Crippen LogP contribution in [0, 0.1) is 12.8 Å². The molecule has 4 N–H and O–H groups in total. The van der Waals surface area contributed by atoms with Crippen LogP contribution in [0.25, 0.3) is 0 Å². The second kappa shape index (κ2) is 6.05. The Hall–Kier alpha value is -1.88. The lowest BCUT2D eigenvalue weighted by atomic mass is 10.1. The fourth-order valence-corrected chi connectivity index (χ4v) is 2.20. The first-order chi connectivity index (χ1) is 9.51. The minimum atomic E-state index is -0.137. The van der Waals surface area contributed by atoms with Crippen molar-refractivity contribution < 1.29 is 9.59 Å². The first kappa shape index (κ1) is 14.5. The molecule has 1 saturated carbocycles. The highest BCUT2D eigenvalue weighted by Gasteiger charge is 2.29. The van der Waals surface area contributed by atoms with Gasteiger partial charge in [0, 0.05) is 30.8 Å². The number of hydrogen-bond donors (Lipinski definition) is 3. The molecule has 0 radical (unpaired) electrons. The Morgan fingerprint density at radius 2 is 2.10 bits per heavy atom. The van der Waals surface area contributed by atoms with Crippen LogP contribution >= 0.6 is 0 Å². The zero-order chi connectivity index (χ0) is 14.7.